The van der Waals surface area contributed by atoms with Crippen molar-refractivity contribution in [3.8, 4) is 11.3 Å². The maximum atomic E-state index is 14.4. The van der Waals surface area contributed by atoms with Crippen molar-refractivity contribution in [3.05, 3.63) is 95.1 Å². The highest BCUT2D eigenvalue weighted by Gasteiger charge is 2.32. The minimum atomic E-state index is -4.50. The summed E-state index contributed by atoms with van der Waals surface area (Å²) in [6, 6.07) is 19.0. The lowest BCUT2D eigenvalue weighted by atomic mass is 9.93. The fraction of sp³-hybridized carbons (Fsp3) is 0.405. The molecule has 2 aliphatic heterocycles. The molecule has 0 saturated carbocycles. The number of pyridine rings is 1. The minimum Gasteiger partial charge on any atom is -0.345 e. The van der Waals surface area contributed by atoms with Gasteiger partial charge >= 0.3 is 6.18 Å². The average molecular weight is 679 g/mol. The van der Waals surface area contributed by atoms with Gasteiger partial charge in [-0.05, 0) is 94.7 Å². The summed E-state index contributed by atoms with van der Waals surface area (Å²) < 4.78 is 65.9. The van der Waals surface area contributed by atoms with Crippen LogP contribution in [-0.4, -0.2) is 67.6 Å². The lowest BCUT2D eigenvalue weighted by molar-refractivity contribution is -0.137. The van der Waals surface area contributed by atoms with Gasteiger partial charge in [0.15, 0.2) is 9.84 Å². The molecule has 0 radical (unpaired) electrons. The van der Waals surface area contributed by atoms with Gasteiger partial charge in [0.05, 0.1) is 33.3 Å². The van der Waals surface area contributed by atoms with Crippen molar-refractivity contribution in [2.75, 3.05) is 32.4 Å². The molecule has 1 unspecified atom stereocenters. The van der Waals surface area contributed by atoms with Crippen molar-refractivity contribution in [1.82, 2.24) is 20.1 Å². The summed E-state index contributed by atoms with van der Waals surface area (Å²) in [5, 5.41) is 3.49. The van der Waals surface area contributed by atoms with Gasteiger partial charge in [-0.25, -0.2) is 13.4 Å². The van der Waals surface area contributed by atoms with Crippen LogP contribution < -0.4 is 5.32 Å². The smallest absolute Gasteiger partial charge is 0.345 e. The molecule has 2 saturated heterocycles. The van der Waals surface area contributed by atoms with E-state index in [-0.39, 0.29) is 16.5 Å². The van der Waals surface area contributed by atoms with Crippen LogP contribution in [-0.2, 0) is 22.6 Å². The number of likely N-dealkylation sites (tertiary alicyclic amines) is 2. The Hall–Kier alpha value is -3.80. The Kier molecular flexibility index (Phi) is 9.92. The van der Waals surface area contributed by atoms with Crippen LogP contribution in [0, 0.1) is 0 Å². The van der Waals surface area contributed by atoms with Gasteiger partial charge in [-0.15, -0.1) is 0 Å². The Bertz CT molecular complexity index is 1870. The quantitative estimate of drug-likeness (QED) is 0.211. The van der Waals surface area contributed by atoms with Crippen molar-refractivity contribution in [3.63, 3.8) is 0 Å². The number of benzene rings is 3. The lowest BCUT2D eigenvalue weighted by Gasteiger charge is -2.40. The number of alkyl halides is 3. The van der Waals surface area contributed by atoms with E-state index in [2.05, 4.69) is 15.1 Å². The molecule has 0 aliphatic carbocycles. The first-order chi connectivity index (χ1) is 22.9. The number of aromatic nitrogens is 1. The molecule has 4 aromatic rings. The summed E-state index contributed by atoms with van der Waals surface area (Å²) in [7, 11) is -3.62. The van der Waals surface area contributed by atoms with E-state index >= 15 is 0 Å². The highest BCUT2D eigenvalue weighted by Crippen LogP contribution is 2.36. The van der Waals surface area contributed by atoms with E-state index in [1.165, 1.54) is 43.5 Å². The largest absolute Gasteiger partial charge is 0.416 e. The van der Waals surface area contributed by atoms with Crippen molar-refractivity contribution >= 4 is 26.6 Å². The zero-order valence-corrected chi connectivity index (χ0v) is 28.1. The first-order valence-electron chi connectivity index (χ1n) is 16.5. The Morgan fingerprint density at radius 2 is 1.60 bits per heavy atom. The van der Waals surface area contributed by atoms with Crippen LogP contribution >= 0.6 is 0 Å². The van der Waals surface area contributed by atoms with Crippen molar-refractivity contribution in [2.45, 2.75) is 68.7 Å². The van der Waals surface area contributed by atoms with E-state index in [4.69, 9.17) is 4.98 Å². The van der Waals surface area contributed by atoms with Crippen molar-refractivity contribution in [1.29, 1.82) is 0 Å². The number of sulfone groups is 1. The molecule has 1 N–H and O–H groups in total. The van der Waals surface area contributed by atoms with E-state index < -0.39 is 27.5 Å². The summed E-state index contributed by atoms with van der Waals surface area (Å²) in [4.78, 5) is 24.2. The lowest BCUT2D eigenvalue weighted by Crippen LogP contribution is -2.46. The first-order valence-corrected chi connectivity index (χ1v) is 18.4. The Morgan fingerprint density at radius 3 is 2.23 bits per heavy atom. The number of piperidine rings is 2. The average Bonchev–Trinajstić information content (AvgIpc) is 3.08. The molecule has 7 nitrogen and oxygen atoms in total. The SMILES string of the molecule is CC(NC(=O)c1c(CN2CCC(N3CCCCC3)CC2)c(-c2ccc(C(F)(F)F)cc2)nc2ccc(S(C)(=O)=O)cc12)c1ccccc1. The molecule has 6 rings (SSSR count). The van der Waals surface area contributed by atoms with E-state index in [0.717, 1.165) is 63.0 Å². The van der Waals surface area contributed by atoms with Crippen LogP contribution in [0.1, 0.15) is 72.1 Å². The third-order valence-electron chi connectivity index (χ3n) is 9.69. The summed E-state index contributed by atoms with van der Waals surface area (Å²) in [5.41, 5.74) is 2.18. The van der Waals surface area contributed by atoms with Crippen molar-refractivity contribution in [2.24, 2.45) is 0 Å². The number of carbonyl (C=O) groups excluding carboxylic acids is 1. The molecule has 1 amide bonds. The monoisotopic (exact) mass is 678 g/mol. The molecule has 1 aromatic heterocycles. The number of rotatable bonds is 8. The highest BCUT2D eigenvalue weighted by molar-refractivity contribution is 7.90. The number of hydrogen-bond donors (Lipinski definition) is 1. The third-order valence-corrected chi connectivity index (χ3v) is 10.8. The van der Waals surface area contributed by atoms with Gasteiger partial charge in [-0.1, -0.05) is 48.9 Å². The van der Waals surface area contributed by atoms with E-state index in [1.54, 1.807) is 6.07 Å². The number of hydrogen-bond acceptors (Lipinski definition) is 6. The number of nitrogens with zero attached hydrogens (tertiary/aromatic N) is 3. The fourth-order valence-corrected chi connectivity index (χ4v) is 7.67. The second-order valence-corrected chi connectivity index (χ2v) is 15.1. The number of halogens is 3. The Morgan fingerprint density at radius 1 is 0.938 bits per heavy atom. The molecule has 0 spiro atoms. The molecule has 11 heteroatoms. The summed E-state index contributed by atoms with van der Waals surface area (Å²) in [5.74, 6) is -0.407. The van der Waals surface area contributed by atoms with Crippen LogP contribution in [0.25, 0.3) is 22.2 Å². The number of fused-ring (bicyclic) bond motifs is 1. The van der Waals surface area contributed by atoms with Gasteiger partial charge < -0.3 is 10.2 Å². The van der Waals surface area contributed by atoms with Crippen LogP contribution in [0.5, 0.6) is 0 Å². The predicted molar refractivity (Wildman–Crippen MR) is 181 cm³/mol. The molecule has 48 heavy (non-hydrogen) atoms. The molecular weight excluding hydrogens is 637 g/mol. The number of carbonyl (C=O) groups is 1. The van der Waals surface area contributed by atoms with Gasteiger partial charge in [0.25, 0.3) is 5.91 Å². The highest BCUT2D eigenvalue weighted by atomic mass is 32.2. The Balaban J connectivity index is 1.46. The van der Waals surface area contributed by atoms with Crippen molar-refractivity contribution < 1.29 is 26.4 Å². The van der Waals surface area contributed by atoms with Crippen LogP contribution in [0.4, 0.5) is 13.2 Å². The fourth-order valence-electron chi connectivity index (χ4n) is 7.03. The molecule has 1 atom stereocenters. The van der Waals surface area contributed by atoms with E-state index in [1.807, 2.05) is 37.3 Å². The molecular formula is C37H41F3N4O3S. The maximum absolute atomic E-state index is 14.4. The topological polar surface area (TPSA) is 82.6 Å². The molecule has 254 valence electrons. The van der Waals surface area contributed by atoms with Crippen LogP contribution in [0.15, 0.2) is 77.7 Å². The predicted octanol–water partition coefficient (Wildman–Crippen LogP) is 7.27. The summed E-state index contributed by atoms with van der Waals surface area (Å²) in [6.45, 7) is 6.01. The Labute approximate surface area is 280 Å². The molecule has 3 heterocycles. The molecule has 3 aromatic carbocycles. The molecule has 2 fully saturated rings. The number of nitrogens with one attached hydrogen (secondary N) is 1. The maximum Gasteiger partial charge on any atom is 0.416 e. The van der Waals surface area contributed by atoms with Gasteiger partial charge in [0.1, 0.15) is 0 Å². The first kappa shape index (κ1) is 34.1. The van der Waals surface area contributed by atoms with E-state index in [0.29, 0.717) is 40.3 Å². The van der Waals surface area contributed by atoms with Crippen LogP contribution in [0.2, 0.25) is 0 Å². The van der Waals surface area contributed by atoms with E-state index in [9.17, 15) is 26.4 Å². The zero-order chi connectivity index (χ0) is 34.1. The minimum absolute atomic E-state index is 0.0533. The third kappa shape index (κ3) is 7.58. The molecule has 0 bridgehead atoms. The zero-order valence-electron chi connectivity index (χ0n) is 27.3. The standard InChI is InChI=1S/C37H41F3N4O3S/c1-25(26-9-5-3-6-10-26)41-36(45)34-31-23-30(48(2,46)47)15-16-33(31)42-35(27-11-13-28(14-12-27)37(38,39)40)32(34)24-43-21-17-29(18-22-43)44-19-7-4-8-20-44/h3,5-6,9-16,23,25,29H,4,7-8,17-22,24H2,1-2H3,(H,41,45). The second-order valence-electron chi connectivity index (χ2n) is 13.0. The second kappa shape index (κ2) is 14.0. The normalized spacial score (nSPS) is 17.8. The van der Waals surface area contributed by atoms with Gasteiger partial charge in [0, 0.05) is 35.4 Å². The summed E-state index contributed by atoms with van der Waals surface area (Å²) >= 11 is 0. The van der Waals surface area contributed by atoms with Gasteiger partial charge in [0.2, 0.25) is 0 Å². The summed E-state index contributed by atoms with van der Waals surface area (Å²) in [6.07, 6.45) is 2.26. The molecule has 2 aliphatic rings. The van der Waals surface area contributed by atoms with Gasteiger partial charge in [-0.3, -0.25) is 9.69 Å². The number of amides is 1. The van der Waals surface area contributed by atoms with Crippen LogP contribution in [0.3, 0.4) is 0 Å². The van der Waals surface area contributed by atoms with Gasteiger partial charge in [-0.2, -0.15) is 13.2 Å².